The van der Waals surface area contributed by atoms with E-state index in [1.807, 2.05) is 32.0 Å². The van der Waals surface area contributed by atoms with Crippen molar-refractivity contribution in [2.75, 3.05) is 16.8 Å². The normalized spacial score (nSPS) is 17.0. The van der Waals surface area contributed by atoms with Gasteiger partial charge >= 0.3 is 12.2 Å². The second-order valence-corrected chi connectivity index (χ2v) is 6.82. The van der Waals surface area contributed by atoms with Gasteiger partial charge in [-0.25, -0.2) is 4.79 Å². The summed E-state index contributed by atoms with van der Waals surface area (Å²) in [4.78, 5) is 26.4. The molecule has 2 N–H and O–H groups in total. The molecule has 0 spiro atoms. The largest absolute Gasteiger partial charge is 0.418 e. The Kier molecular flexibility index (Phi) is 5.31. The lowest BCUT2D eigenvalue weighted by molar-refractivity contribution is -0.137. The van der Waals surface area contributed by atoms with Crippen LogP contribution in [0.2, 0.25) is 0 Å². The molecule has 8 heteroatoms. The Hall–Kier alpha value is -3.03. The van der Waals surface area contributed by atoms with Gasteiger partial charge in [0.15, 0.2) is 0 Å². The number of nitrogens with zero attached hydrogens (tertiary/aromatic N) is 1. The minimum Gasteiger partial charge on any atom is -0.326 e. The van der Waals surface area contributed by atoms with Crippen LogP contribution in [0.1, 0.15) is 23.1 Å². The van der Waals surface area contributed by atoms with Crippen molar-refractivity contribution in [1.29, 1.82) is 0 Å². The zero-order valence-electron chi connectivity index (χ0n) is 15.4. The monoisotopic (exact) mass is 391 g/mol. The molecule has 3 amide bonds. The molecule has 1 aliphatic rings. The summed E-state index contributed by atoms with van der Waals surface area (Å²) in [6.07, 6.45) is -4.22. The fourth-order valence-electron chi connectivity index (χ4n) is 3.33. The third-order valence-electron chi connectivity index (χ3n) is 4.51. The highest BCUT2D eigenvalue weighted by Crippen LogP contribution is 2.34. The number of amides is 3. The van der Waals surface area contributed by atoms with E-state index < -0.39 is 23.8 Å². The van der Waals surface area contributed by atoms with Crippen molar-refractivity contribution < 1.29 is 22.8 Å². The molecule has 0 bridgehead atoms. The quantitative estimate of drug-likeness (QED) is 0.822. The van der Waals surface area contributed by atoms with Crippen LogP contribution in [0.15, 0.2) is 42.5 Å². The summed E-state index contributed by atoms with van der Waals surface area (Å²) in [5, 5.41) is 4.67. The fraction of sp³-hybridized carbons (Fsp3) is 0.300. The third kappa shape index (κ3) is 4.27. The predicted octanol–water partition coefficient (Wildman–Crippen LogP) is 4.25. The third-order valence-corrected chi connectivity index (χ3v) is 4.51. The van der Waals surface area contributed by atoms with Gasteiger partial charge in [-0.1, -0.05) is 18.2 Å². The molecule has 0 aliphatic carbocycles. The van der Waals surface area contributed by atoms with Crippen LogP contribution in [-0.4, -0.2) is 24.5 Å². The average molecular weight is 391 g/mol. The number of hydrogen-bond donors (Lipinski definition) is 2. The number of carbonyl (C=O) groups is 2. The Morgan fingerprint density at radius 3 is 2.39 bits per heavy atom. The van der Waals surface area contributed by atoms with E-state index in [-0.39, 0.29) is 11.6 Å². The zero-order valence-corrected chi connectivity index (χ0v) is 15.4. The summed E-state index contributed by atoms with van der Waals surface area (Å²) in [5.41, 5.74) is 1.47. The van der Waals surface area contributed by atoms with Crippen molar-refractivity contribution in [3.05, 3.63) is 59.2 Å². The highest BCUT2D eigenvalue weighted by Gasteiger charge is 2.36. The van der Waals surface area contributed by atoms with Gasteiger partial charge in [-0.3, -0.25) is 4.79 Å². The molecule has 1 atom stereocenters. The van der Waals surface area contributed by atoms with Crippen molar-refractivity contribution >= 4 is 23.3 Å². The Morgan fingerprint density at radius 1 is 1.11 bits per heavy atom. The molecule has 2 aromatic rings. The summed E-state index contributed by atoms with van der Waals surface area (Å²) in [7, 11) is 0. The molecule has 0 saturated carbocycles. The van der Waals surface area contributed by atoms with Crippen LogP contribution in [0.5, 0.6) is 0 Å². The summed E-state index contributed by atoms with van der Waals surface area (Å²) < 4.78 is 39.1. The predicted molar refractivity (Wildman–Crippen MR) is 100 cm³/mol. The Morgan fingerprint density at radius 2 is 1.75 bits per heavy atom. The first-order valence-electron chi connectivity index (χ1n) is 8.78. The molecule has 2 aromatic carbocycles. The van der Waals surface area contributed by atoms with E-state index in [1.54, 1.807) is 4.90 Å². The van der Waals surface area contributed by atoms with E-state index in [0.717, 1.165) is 22.9 Å². The van der Waals surface area contributed by atoms with Gasteiger partial charge in [0.2, 0.25) is 5.91 Å². The maximum atomic E-state index is 13.0. The van der Waals surface area contributed by atoms with E-state index in [9.17, 15) is 22.8 Å². The van der Waals surface area contributed by atoms with Crippen molar-refractivity contribution in [3.63, 3.8) is 0 Å². The fourth-order valence-corrected chi connectivity index (χ4v) is 3.33. The van der Waals surface area contributed by atoms with Crippen molar-refractivity contribution in [3.8, 4) is 0 Å². The van der Waals surface area contributed by atoms with E-state index >= 15 is 0 Å². The lowest BCUT2D eigenvalue weighted by Crippen LogP contribution is -2.43. The Bertz CT molecular complexity index is 892. The summed E-state index contributed by atoms with van der Waals surface area (Å²) >= 11 is 0. The molecule has 148 valence electrons. The van der Waals surface area contributed by atoms with Crippen molar-refractivity contribution in [2.45, 2.75) is 32.5 Å². The maximum Gasteiger partial charge on any atom is 0.418 e. The molecule has 0 aromatic heterocycles. The molecular formula is C20H20F3N3O2. The topological polar surface area (TPSA) is 61.4 Å². The first-order chi connectivity index (χ1) is 13.1. The molecule has 0 radical (unpaired) electrons. The highest BCUT2D eigenvalue weighted by molar-refractivity contribution is 6.02. The molecule has 28 heavy (non-hydrogen) atoms. The van der Waals surface area contributed by atoms with Gasteiger partial charge in [0.1, 0.15) is 6.04 Å². The number of carbonyl (C=O) groups excluding carboxylic acids is 2. The van der Waals surface area contributed by atoms with E-state index in [1.165, 1.54) is 18.2 Å². The van der Waals surface area contributed by atoms with Gasteiger partial charge in [0, 0.05) is 12.2 Å². The molecule has 1 fully saturated rings. The zero-order chi connectivity index (χ0) is 20.5. The number of alkyl halides is 3. The first kappa shape index (κ1) is 19.7. The van der Waals surface area contributed by atoms with E-state index in [0.29, 0.717) is 13.0 Å². The van der Waals surface area contributed by atoms with Crippen LogP contribution in [-0.2, 0) is 11.0 Å². The number of nitrogens with one attached hydrogen (secondary N) is 2. The van der Waals surface area contributed by atoms with Crippen LogP contribution in [0, 0.1) is 13.8 Å². The van der Waals surface area contributed by atoms with Gasteiger partial charge < -0.3 is 15.5 Å². The summed E-state index contributed by atoms with van der Waals surface area (Å²) in [6.45, 7) is 4.28. The second kappa shape index (κ2) is 7.53. The number of hydrogen-bond acceptors (Lipinski definition) is 2. The average Bonchev–Trinajstić information content (AvgIpc) is 2.94. The first-order valence-corrected chi connectivity index (χ1v) is 8.78. The minimum absolute atomic E-state index is 0.288. The van der Waals surface area contributed by atoms with Gasteiger partial charge in [-0.05, 0) is 55.7 Å². The molecule has 1 aliphatic heterocycles. The number of urea groups is 1. The summed E-state index contributed by atoms with van der Waals surface area (Å²) in [6, 6.07) is 8.81. The number of halogens is 3. The summed E-state index contributed by atoms with van der Waals surface area (Å²) in [5.74, 6) is -0.288. The van der Waals surface area contributed by atoms with Crippen LogP contribution >= 0.6 is 0 Å². The molecular weight excluding hydrogens is 371 g/mol. The Labute approximate surface area is 160 Å². The molecule has 5 nitrogen and oxygen atoms in total. The number of para-hydroxylation sites is 1. The van der Waals surface area contributed by atoms with Crippen molar-refractivity contribution in [2.24, 2.45) is 0 Å². The van der Waals surface area contributed by atoms with Crippen LogP contribution < -0.4 is 15.5 Å². The number of benzene rings is 2. The lowest BCUT2D eigenvalue weighted by Gasteiger charge is -2.19. The number of anilines is 2. The van der Waals surface area contributed by atoms with E-state index in [2.05, 4.69) is 10.6 Å². The smallest absolute Gasteiger partial charge is 0.326 e. The van der Waals surface area contributed by atoms with Crippen molar-refractivity contribution in [1.82, 2.24) is 5.32 Å². The highest BCUT2D eigenvalue weighted by atomic mass is 19.4. The van der Waals surface area contributed by atoms with Gasteiger partial charge in [0.25, 0.3) is 0 Å². The lowest BCUT2D eigenvalue weighted by atomic mass is 10.1. The van der Waals surface area contributed by atoms with Crippen LogP contribution in [0.3, 0.4) is 0 Å². The Balaban J connectivity index is 1.68. The molecule has 3 rings (SSSR count). The molecule has 0 unspecified atom stereocenters. The van der Waals surface area contributed by atoms with E-state index in [4.69, 9.17) is 0 Å². The van der Waals surface area contributed by atoms with Gasteiger partial charge in [-0.2, -0.15) is 13.2 Å². The van der Waals surface area contributed by atoms with Gasteiger partial charge in [-0.15, -0.1) is 0 Å². The van der Waals surface area contributed by atoms with Crippen LogP contribution in [0.4, 0.5) is 29.3 Å². The molecule has 1 saturated heterocycles. The number of rotatable bonds is 3. The van der Waals surface area contributed by atoms with Gasteiger partial charge in [0.05, 0.1) is 11.3 Å². The molecule has 1 heterocycles. The number of aryl methyl sites for hydroxylation is 2. The minimum atomic E-state index is -4.59. The maximum absolute atomic E-state index is 13.0. The van der Waals surface area contributed by atoms with Crippen LogP contribution in [0.25, 0.3) is 0 Å². The standard InChI is InChI=1S/C20H20F3N3O2/c1-12-9-13(2)11-14(10-12)26-8-7-17(18(26)27)25-19(28)24-16-6-4-3-5-15(16)20(21,22)23/h3-6,9-11,17H,7-8H2,1-2H3,(H2,24,25,28)/t17-/m0/s1. The second-order valence-electron chi connectivity index (χ2n) is 6.82. The SMILES string of the molecule is Cc1cc(C)cc(N2CC[C@H](NC(=O)Nc3ccccc3C(F)(F)F)C2=O)c1.